The van der Waals surface area contributed by atoms with Crippen molar-refractivity contribution in [3.8, 4) is 5.82 Å². The summed E-state index contributed by atoms with van der Waals surface area (Å²) in [6.07, 6.45) is 8.63. The zero-order valence-electron chi connectivity index (χ0n) is 21.1. The number of thiazole rings is 1. The lowest BCUT2D eigenvalue weighted by atomic mass is 10.0. The fraction of sp³-hybridized carbons (Fsp3) is 0.423. The average Bonchev–Trinajstić information content (AvgIpc) is 3.46. The van der Waals surface area contributed by atoms with Crippen LogP contribution in [0.3, 0.4) is 0 Å². The normalized spacial score (nSPS) is 12.1. The zero-order valence-corrected chi connectivity index (χ0v) is 21.9. The Labute approximate surface area is 211 Å². The van der Waals surface area contributed by atoms with Gasteiger partial charge in [-0.3, -0.25) is 9.59 Å². The predicted molar refractivity (Wildman–Crippen MR) is 140 cm³/mol. The van der Waals surface area contributed by atoms with Crippen LogP contribution in [0.1, 0.15) is 72.3 Å². The molecule has 0 fully saturated rings. The first-order valence-electron chi connectivity index (χ1n) is 11.9. The Kier molecular flexibility index (Phi) is 9.31. The van der Waals surface area contributed by atoms with E-state index in [1.807, 2.05) is 52.1 Å². The summed E-state index contributed by atoms with van der Waals surface area (Å²) < 4.78 is 1.72. The predicted octanol–water partition coefficient (Wildman–Crippen LogP) is 5.29. The second-order valence-electron chi connectivity index (χ2n) is 8.56. The first kappa shape index (κ1) is 26.3. The van der Waals surface area contributed by atoms with Crippen LogP contribution in [0.2, 0.25) is 0 Å². The van der Waals surface area contributed by atoms with E-state index >= 15 is 0 Å². The number of carbonyl (C=O) groups is 2. The van der Waals surface area contributed by atoms with Gasteiger partial charge in [-0.1, -0.05) is 19.1 Å². The first-order chi connectivity index (χ1) is 16.8. The summed E-state index contributed by atoms with van der Waals surface area (Å²) in [4.78, 5) is 36.2. The van der Waals surface area contributed by atoms with E-state index in [0.29, 0.717) is 30.2 Å². The van der Waals surface area contributed by atoms with E-state index in [1.54, 1.807) is 27.2 Å². The maximum absolute atomic E-state index is 13.0. The molecular weight excluding hydrogens is 460 g/mol. The topological polar surface area (TPSA) is 93.0 Å². The van der Waals surface area contributed by atoms with E-state index in [-0.39, 0.29) is 17.7 Å². The number of nitrogens with one attached hydrogen (secondary N) is 1. The third kappa shape index (κ3) is 6.85. The molecule has 0 aliphatic rings. The maximum Gasteiger partial charge on any atom is 0.275 e. The molecule has 0 bridgehead atoms. The molecule has 0 saturated carbocycles. The molecule has 3 rings (SSSR count). The van der Waals surface area contributed by atoms with Gasteiger partial charge in [0.25, 0.3) is 5.91 Å². The number of hydrogen-bond acceptors (Lipinski definition) is 6. The molecule has 35 heavy (non-hydrogen) atoms. The number of hydrogen-bond donors (Lipinski definition) is 1. The van der Waals surface area contributed by atoms with Gasteiger partial charge in [0.15, 0.2) is 5.82 Å². The number of carbonyl (C=O) groups excluding carboxylic acids is 2. The number of aromatic nitrogens is 4. The van der Waals surface area contributed by atoms with E-state index in [9.17, 15) is 9.59 Å². The summed E-state index contributed by atoms with van der Waals surface area (Å²) >= 11 is 1.49. The molecule has 0 radical (unpaired) electrons. The minimum atomic E-state index is -0.283. The van der Waals surface area contributed by atoms with Crippen molar-refractivity contribution in [1.82, 2.24) is 24.6 Å². The van der Waals surface area contributed by atoms with Crippen LogP contribution in [-0.2, 0) is 4.79 Å². The van der Waals surface area contributed by atoms with Gasteiger partial charge in [0, 0.05) is 43.2 Å². The lowest BCUT2D eigenvalue weighted by Gasteiger charge is -2.20. The molecule has 2 amide bonds. The standard InChI is InChI=1S/C26H34N6O2S/c1-6-8-9-12-23(33)31(5)15-13-20(7-2)26-29-22(17-35-26)25(34)28-21-11-10-14-27-24(21)32-19(4)16-18(3)30-32/h6,8,10-11,14,16-17,20H,7,9,12-13,15H2,1-5H3,(H,28,34)/b8-6+. The van der Waals surface area contributed by atoms with Crippen molar-refractivity contribution in [1.29, 1.82) is 0 Å². The highest BCUT2D eigenvalue weighted by Gasteiger charge is 2.20. The molecule has 3 heterocycles. The smallest absolute Gasteiger partial charge is 0.275 e. The van der Waals surface area contributed by atoms with Crippen molar-refractivity contribution in [2.75, 3.05) is 18.9 Å². The van der Waals surface area contributed by atoms with Crippen molar-refractivity contribution in [3.63, 3.8) is 0 Å². The number of aryl methyl sites for hydroxylation is 2. The van der Waals surface area contributed by atoms with E-state index in [4.69, 9.17) is 0 Å². The van der Waals surface area contributed by atoms with Crippen LogP contribution in [0.25, 0.3) is 5.82 Å². The van der Waals surface area contributed by atoms with Gasteiger partial charge in [-0.15, -0.1) is 11.3 Å². The molecule has 0 aromatic carbocycles. The lowest BCUT2D eigenvalue weighted by molar-refractivity contribution is -0.129. The number of allylic oxidation sites excluding steroid dienone is 2. The SMILES string of the molecule is C/C=C/CCC(=O)N(C)CCC(CC)c1nc(C(=O)Nc2cccnc2-n2nc(C)cc2C)cs1. The van der Waals surface area contributed by atoms with Crippen molar-refractivity contribution in [2.24, 2.45) is 0 Å². The first-order valence-corrected chi connectivity index (χ1v) is 12.8. The molecule has 1 unspecified atom stereocenters. The summed E-state index contributed by atoms with van der Waals surface area (Å²) in [5, 5.41) is 10.1. The third-order valence-corrected chi connectivity index (χ3v) is 6.85. The quantitative estimate of drug-likeness (QED) is 0.366. The van der Waals surface area contributed by atoms with Crippen molar-refractivity contribution >= 4 is 28.8 Å². The van der Waals surface area contributed by atoms with E-state index < -0.39 is 0 Å². The zero-order chi connectivity index (χ0) is 25.4. The summed E-state index contributed by atoms with van der Waals surface area (Å²) in [6.45, 7) is 8.60. The van der Waals surface area contributed by atoms with Gasteiger partial charge in [-0.25, -0.2) is 14.6 Å². The number of amides is 2. The Morgan fingerprint density at radius 1 is 1.31 bits per heavy atom. The monoisotopic (exact) mass is 494 g/mol. The van der Waals surface area contributed by atoms with Crippen molar-refractivity contribution in [3.05, 3.63) is 64.0 Å². The Balaban J connectivity index is 1.65. The Morgan fingerprint density at radius 2 is 2.11 bits per heavy atom. The molecule has 186 valence electrons. The summed E-state index contributed by atoms with van der Waals surface area (Å²) in [7, 11) is 1.85. The van der Waals surface area contributed by atoms with Crippen LogP contribution in [0.4, 0.5) is 5.69 Å². The van der Waals surface area contributed by atoms with Crippen LogP contribution in [0, 0.1) is 13.8 Å². The molecule has 8 nitrogen and oxygen atoms in total. The average molecular weight is 495 g/mol. The van der Waals surface area contributed by atoms with Crippen molar-refractivity contribution in [2.45, 2.75) is 59.3 Å². The Morgan fingerprint density at radius 3 is 2.80 bits per heavy atom. The molecule has 0 aliphatic heterocycles. The van der Waals surface area contributed by atoms with Crippen LogP contribution >= 0.6 is 11.3 Å². The van der Waals surface area contributed by atoms with Crippen molar-refractivity contribution < 1.29 is 9.59 Å². The van der Waals surface area contributed by atoms with E-state index in [1.165, 1.54) is 11.3 Å². The van der Waals surface area contributed by atoms with Gasteiger partial charge in [-0.2, -0.15) is 5.10 Å². The fourth-order valence-electron chi connectivity index (χ4n) is 3.81. The molecule has 0 aliphatic carbocycles. The number of pyridine rings is 1. The highest BCUT2D eigenvalue weighted by Crippen LogP contribution is 2.27. The van der Waals surface area contributed by atoms with Crippen LogP contribution < -0.4 is 5.32 Å². The second-order valence-corrected chi connectivity index (χ2v) is 9.45. The molecular formula is C26H34N6O2S. The van der Waals surface area contributed by atoms with Gasteiger partial charge < -0.3 is 10.2 Å². The summed E-state index contributed by atoms with van der Waals surface area (Å²) in [5.74, 6) is 0.618. The van der Waals surface area contributed by atoms with Gasteiger partial charge in [-0.05, 0) is 58.2 Å². The largest absolute Gasteiger partial charge is 0.346 e. The van der Waals surface area contributed by atoms with E-state index in [2.05, 4.69) is 27.3 Å². The number of rotatable bonds is 11. The highest BCUT2D eigenvalue weighted by molar-refractivity contribution is 7.10. The van der Waals surface area contributed by atoms with Gasteiger partial charge in [0.1, 0.15) is 5.69 Å². The lowest BCUT2D eigenvalue weighted by Crippen LogP contribution is -2.28. The highest BCUT2D eigenvalue weighted by atomic mass is 32.1. The van der Waals surface area contributed by atoms with Gasteiger partial charge in [0.2, 0.25) is 5.91 Å². The van der Waals surface area contributed by atoms with Gasteiger partial charge in [0.05, 0.1) is 16.4 Å². The van der Waals surface area contributed by atoms with Crippen LogP contribution in [0.15, 0.2) is 41.9 Å². The third-order valence-electron chi connectivity index (χ3n) is 5.84. The number of anilines is 1. The van der Waals surface area contributed by atoms with Crippen LogP contribution in [-0.4, -0.2) is 50.1 Å². The molecule has 0 spiro atoms. The maximum atomic E-state index is 13.0. The molecule has 3 aromatic heterocycles. The van der Waals surface area contributed by atoms with Gasteiger partial charge >= 0.3 is 0 Å². The molecule has 3 aromatic rings. The number of nitrogens with zero attached hydrogens (tertiary/aromatic N) is 5. The second kappa shape index (κ2) is 12.4. The van der Waals surface area contributed by atoms with Crippen LogP contribution in [0.5, 0.6) is 0 Å². The molecule has 0 saturated heterocycles. The minimum absolute atomic E-state index is 0.145. The Hall–Kier alpha value is -3.33. The summed E-state index contributed by atoms with van der Waals surface area (Å²) in [6, 6.07) is 5.55. The fourth-order valence-corrected chi connectivity index (χ4v) is 4.83. The molecule has 1 atom stereocenters. The Bertz CT molecular complexity index is 1180. The summed E-state index contributed by atoms with van der Waals surface area (Å²) in [5.41, 5.74) is 2.76. The molecule has 1 N–H and O–H groups in total. The minimum Gasteiger partial charge on any atom is -0.346 e. The molecule has 9 heteroatoms. The van der Waals surface area contributed by atoms with E-state index in [0.717, 1.165) is 35.7 Å².